The normalized spacial score (nSPS) is 21.5. The van der Waals surface area contributed by atoms with Crippen molar-refractivity contribution in [3.05, 3.63) is 41.5 Å². The number of rotatable bonds is 15. The highest BCUT2D eigenvalue weighted by atomic mass is 16.5. The Kier molecular flexibility index (Phi) is 11.2. The van der Waals surface area contributed by atoms with Gasteiger partial charge in [0.2, 0.25) is 5.91 Å². The first-order valence-corrected chi connectivity index (χ1v) is 15.3. The summed E-state index contributed by atoms with van der Waals surface area (Å²) in [5, 5.41) is 10.6. The monoisotopic (exact) mass is 556 g/mol. The van der Waals surface area contributed by atoms with E-state index in [0.717, 1.165) is 73.1 Å². The third-order valence-electron chi connectivity index (χ3n) is 8.51. The number of carboxylic acids is 1. The van der Waals surface area contributed by atoms with Gasteiger partial charge in [-0.15, -0.1) is 0 Å². The van der Waals surface area contributed by atoms with Gasteiger partial charge in [-0.3, -0.25) is 14.5 Å². The summed E-state index contributed by atoms with van der Waals surface area (Å²) in [4.78, 5) is 30.9. The zero-order valence-electron chi connectivity index (χ0n) is 26.1. The predicted octanol–water partition coefficient (Wildman–Crippen LogP) is 5.20. The van der Waals surface area contributed by atoms with E-state index in [4.69, 9.17) is 4.74 Å². The molecule has 0 radical (unpaired) electrons. The molecule has 1 amide bonds. The molecule has 0 aromatic heterocycles. The summed E-state index contributed by atoms with van der Waals surface area (Å²) < 4.78 is 6.63. The lowest BCUT2D eigenvalue weighted by atomic mass is 9.77. The molecule has 40 heavy (non-hydrogen) atoms. The van der Waals surface area contributed by atoms with Crippen LogP contribution in [0.5, 0.6) is 5.75 Å². The Hall–Kier alpha value is -2.38. The van der Waals surface area contributed by atoms with Gasteiger partial charge in [0.05, 0.1) is 46.8 Å². The maximum atomic E-state index is 13.8. The van der Waals surface area contributed by atoms with E-state index in [1.165, 1.54) is 0 Å². The van der Waals surface area contributed by atoms with E-state index in [1.54, 1.807) is 0 Å². The van der Waals surface area contributed by atoms with Crippen LogP contribution in [0.3, 0.4) is 0 Å². The van der Waals surface area contributed by atoms with E-state index in [9.17, 15) is 14.7 Å². The number of hydrogen-bond donors (Lipinski definition) is 1. The van der Waals surface area contributed by atoms with Crippen molar-refractivity contribution in [2.45, 2.75) is 78.2 Å². The maximum Gasteiger partial charge on any atom is 0.308 e. The number of nitrogens with zero attached hydrogens (tertiary/aromatic N) is 3. The van der Waals surface area contributed by atoms with Crippen LogP contribution in [0.4, 0.5) is 0 Å². The molecule has 1 fully saturated rings. The van der Waals surface area contributed by atoms with Gasteiger partial charge in [0.25, 0.3) is 0 Å². The molecule has 0 spiro atoms. The fourth-order valence-corrected chi connectivity index (χ4v) is 6.45. The van der Waals surface area contributed by atoms with E-state index < -0.39 is 11.9 Å². The number of aliphatic carboxylic acids is 1. The summed E-state index contributed by atoms with van der Waals surface area (Å²) >= 11 is 0. The first-order valence-electron chi connectivity index (χ1n) is 15.3. The first kappa shape index (κ1) is 32.1. The molecule has 0 saturated carbocycles. The number of carboxylic acid groups (broad SMARTS) is 1. The summed E-state index contributed by atoms with van der Waals surface area (Å²) in [6.07, 6.45) is 9.83. The molecule has 3 rings (SSSR count). The summed E-state index contributed by atoms with van der Waals surface area (Å²) in [5.74, 6) is -0.494. The Morgan fingerprint density at radius 1 is 1.18 bits per heavy atom. The van der Waals surface area contributed by atoms with Gasteiger partial charge in [0.15, 0.2) is 0 Å². The highest BCUT2D eigenvalue weighted by Crippen LogP contribution is 2.43. The maximum absolute atomic E-state index is 13.8. The minimum Gasteiger partial charge on any atom is -0.493 e. The molecule has 2 aliphatic rings. The van der Waals surface area contributed by atoms with Gasteiger partial charge in [-0.05, 0) is 55.2 Å². The van der Waals surface area contributed by atoms with E-state index in [0.29, 0.717) is 19.6 Å². The van der Waals surface area contributed by atoms with Crippen LogP contribution in [0.1, 0.15) is 76.8 Å². The third-order valence-corrected chi connectivity index (χ3v) is 8.51. The molecule has 3 atom stereocenters. The number of hydrogen-bond acceptors (Lipinski definition) is 4. The number of fused-ring (bicyclic) bond motifs is 1. The molecular weight excluding hydrogens is 502 g/mol. The summed E-state index contributed by atoms with van der Waals surface area (Å²) in [6.45, 7) is 12.6. The standard InChI is InChI=1S/C33H53N3O4/c1-8-10-17-34(18-11-12-19-36(5,6)7)30(37)24-35-23-27(25-13-14-29-26(21-25)15-20-40-29)31(32(38)39)28(35)22-33(3,4)16-9-2/h9,13-14,16,21,27-28,31H,8,10-12,15,17-20,22-24H2,1-7H3/p+1/t27-,28+,31?/m1/s1. The minimum absolute atomic E-state index is 0.125. The second kappa shape index (κ2) is 14.0. The fraction of sp³-hybridized carbons (Fsp3) is 0.697. The molecule has 2 aliphatic heterocycles. The van der Waals surface area contributed by atoms with Crippen molar-refractivity contribution in [1.29, 1.82) is 0 Å². The van der Waals surface area contributed by atoms with Gasteiger partial charge in [-0.25, -0.2) is 0 Å². The topological polar surface area (TPSA) is 70.1 Å². The molecule has 1 unspecified atom stereocenters. The number of ether oxygens (including phenoxy) is 1. The number of carbonyl (C=O) groups is 2. The van der Waals surface area contributed by atoms with Crippen molar-refractivity contribution in [3.63, 3.8) is 0 Å². The zero-order valence-corrected chi connectivity index (χ0v) is 26.1. The van der Waals surface area contributed by atoms with Crippen LogP contribution in [0, 0.1) is 11.3 Å². The van der Waals surface area contributed by atoms with Crippen molar-refractivity contribution >= 4 is 11.9 Å². The highest BCUT2D eigenvalue weighted by Gasteiger charge is 2.48. The second-order valence-corrected chi connectivity index (χ2v) is 13.6. The van der Waals surface area contributed by atoms with Crippen molar-refractivity contribution in [2.75, 3.05) is 60.5 Å². The zero-order chi connectivity index (χ0) is 29.5. The number of amides is 1. The Labute approximate surface area is 242 Å². The lowest BCUT2D eigenvalue weighted by Crippen LogP contribution is -2.46. The van der Waals surface area contributed by atoms with Gasteiger partial charge >= 0.3 is 5.97 Å². The summed E-state index contributed by atoms with van der Waals surface area (Å²) in [6, 6.07) is 5.94. The molecule has 1 aromatic rings. The van der Waals surface area contributed by atoms with Crippen LogP contribution in [0.25, 0.3) is 0 Å². The molecule has 1 aromatic carbocycles. The molecule has 224 valence electrons. The average Bonchev–Trinajstić information content (AvgIpc) is 3.46. The number of carbonyl (C=O) groups excluding carboxylic acids is 1. The lowest BCUT2D eigenvalue weighted by molar-refractivity contribution is -0.870. The number of likely N-dealkylation sites (tertiary alicyclic amines) is 1. The van der Waals surface area contributed by atoms with Crippen LogP contribution in [-0.2, 0) is 16.0 Å². The smallest absolute Gasteiger partial charge is 0.308 e. The number of quaternary nitrogens is 1. The highest BCUT2D eigenvalue weighted by molar-refractivity contribution is 5.79. The van der Waals surface area contributed by atoms with E-state index >= 15 is 0 Å². The van der Waals surface area contributed by atoms with Crippen LogP contribution < -0.4 is 4.74 Å². The van der Waals surface area contributed by atoms with E-state index in [-0.39, 0.29) is 29.8 Å². The van der Waals surface area contributed by atoms with Crippen molar-refractivity contribution in [2.24, 2.45) is 11.3 Å². The first-order chi connectivity index (χ1) is 18.8. The van der Waals surface area contributed by atoms with Crippen molar-refractivity contribution in [1.82, 2.24) is 9.80 Å². The summed E-state index contributed by atoms with van der Waals surface area (Å²) in [5.41, 5.74) is 2.02. The average molecular weight is 557 g/mol. The van der Waals surface area contributed by atoms with Gasteiger partial charge in [0, 0.05) is 38.0 Å². The molecular formula is C33H54N3O4+. The van der Waals surface area contributed by atoms with E-state index in [2.05, 4.69) is 59.0 Å². The Bertz CT molecular complexity index is 1030. The Balaban J connectivity index is 1.85. The van der Waals surface area contributed by atoms with Gasteiger partial charge in [-0.2, -0.15) is 0 Å². The number of allylic oxidation sites excluding steroid dienone is 2. The Morgan fingerprint density at radius 2 is 1.90 bits per heavy atom. The molecule has 1 N–H and O–H groups in total. The molecule has 0 aliphatic carbocycles. The quantitative estimate of drug-likeness (QED) is 0.183. The van der Waals surface area contributed by atoms with E-state index in [1.807, 2.05) is 30.0 Å². The van der Waals surface area contributed by atoms with Crippen molar-refractivity contribution < 1.29 is 23.9 Å². The van der Waals surface area contributed by atoms with Gasteiger partial charge in [0.1, 0.15) is 5.75 Å². The number of unbranched alkanes of at least 4 members (excludes halogenated alkanes) is 2. The van der Waals surface area contributed by atoms with Gasteiger partial charge in [-0.1, -0.05) is 51.5 Å². The predicted molar refractivity (Wildman–Crippen MR) is 162 cm³/mol. The molecule has 7 nitrogen and oxygen atoms in total. The van der Waals surface area contributed by atoms with Gasteiger partial charge < -0.3 is 19.2 Å². The summed E-state index contributed by atoms with van der Waals surface area (Å²) in [7, 11) is 6.60. The van der Waals surface area contributed by atoms with Crippen molar-refractivity contribution in [3.8, 4) is 5.75 Å². The third kappa shape index (κ3) is 8.81. The second-order valence-electron chi connectivity index (χ2n) is 13.6. The fourth-order valence-electron chi connectivity index (χ4n) is 6.45. The SMILES string of the molecule is CC=CC(C)(C)C[C@H]1C(C(=O)O)[C@@H](c2ccc3c(c2)CCO3)CN1CC(=O)N(CCCC)CCCC[N+](C)(C)C. The molecule has 0 bridgehead atoms. The largest absolute Gasteiger partial charge is 0.493 e. The van der Waals surface area contributed by atoms with Crippen LogP contribution >= 0.6 is 0 Å². The number of benzene rings is 1. The van der Waals surface area contributed by atoms with Crippen LogP contribution in [-0.4, -0.2) is 97.8 Å². The molecule has 1 saturated heterocycles. The van der Waals surface area contributed by atoms with Crippen LogP contribution in [0.15, 0.2) is 30.4 Å². The molecule has 7 heteroatoms. The Morgan fingerprint density at radius 3 is 2.55 bits per heavy atom. The molecule has 2 heterocycles. The minimum atomic E-state index is -0.777. The lowest BCUT2D eigenvalue weighted by Gasteiger charge is -2.34. The van der Waals surface area contributed by atoms with Crippen LogP contribution in [0.2, 0.25) is 0 Å².